The minimum absolute atomic E-state index is 0.221. The van der Waals surface area contributed by atoms with Crippen molar-refractivity contribution in [3.05, 3.63) is 47.8 Å². The number of hydrogen-bond donors (Lipinski definition) is 1. The Morgan fingerprint density at radius 3 is 2.84 bits per heavy atom. The Hall–Kier alpha value is -2.36. The molecular formula is C15H12FNO2. The Bertz CT molecular complexity index is 776. The average molecular weight is 257 g/mol. The minimum Gasteiger partial charge on any atom is -0.462 e. The Morgan fingerprint density at radius 2 is 2.05 bits per heavy atom. The second kappa shape index (κ2) is 4.39. The van der Waals surface area contributed by atoms with E-state index < -0.39 is 11.8 Å². The molecule has 1 aromatic heterocycles. The molecular weight excluding hydrogens is 245 g/mol. The van der Waals surface area contributed by atoms with E-state index in [-0.39, 0.29) is 12.2 Å². The van der Waals surface area contributed by atoms with Crippen LogP contribution in [0.15, 0.2) is 36.4 Å². The van der Waals surface area contributed by atoms with E-state index in [0.29, 0.717) is 10.9 Å². The fourth-order valence-electron chi connectivity index (χ4n) is 2.27. The number of hydrogen-bond acceptors (Lipinski definition) is 2. The Morgan fingerprint density at radius 1 is 1.26 bits per heavy atom. The number of rotatable bonds is 2. The third kappa shape index (κ3) is 1.85. The van der Waals surface area contributed by atoms with Gasteiger partial charge in [0.05, 0.1) is 17.7 Å². The average Bonchev–Trinajstić information content (AvgIpc) is 2.77. The summed E-state index contributed by atoms with van der Waals surface area (Å²) in [6.07, 6.45) is 0. The number of fused-ring (bicyclic) bond motifs is 3. The van der Waals surface area contributed by atoms with E-state index in [4.69, 9.17) is 4.74 Å². The number of aromatic nitrogens is 1. The van der Waals surface area contributed by atoms with Gasteiger partial charge in [-0.15, -0.1) is 0 Å². The second-order valence-corrected chi connectivity index (χ2v) is 4.27. The van der Waals surface area contributed by atoms with Crippen LogP contribution in [0.2, 0.25) is 0 Å². The molecule has 4 heteroatoms. The summed E-state index contributed by atoms with van der Waals surface area (Å²) in [7, 11) is 0. The van der Waals surface area contributed by atoms with Crippen LogP contribution in [0.1, 0.15) is 17.3 Å². The lowest BCUT2D eigenvalue weighted by Gasteiger charge is -2.02. The van der Waals surface area contributed by atoms with Gasteiger partial charge in [-0.05, 0) is 25.1 Å². The first-order valence-electron chi connectivity index (χ1n) is 6.08. The van der Waals surface area contributed by atoms with Crippen molar-refractivity contribution in [1.82, 2.24) is 4.98 Å². The van der Waals surface area contributed by atoms with Crippen LogP contribution in [0.5, 0.6) is 0 Å². The van der Waals surface area contributed by atoms with Crippen molar-refractivity contribution in [2.75, 3.05) is 6.61 Å². The van der Waals surface area contributed by atoms with Gasteiger partial charge in [0.1, 0.15) is 5.82 Å². The normalized spacial score (nSPS) is 11.1. The maximum Gasteiger partial charge on any atom is 0.338 e. The summed E-state index contributed by atoms with van der Waals surface area (Å²) in [4.78, 5) is 14.8. The highest BCUT2D eigenvalue weighted by atomic mass is 19.1. The van der Waals surface area contributed by atoms with E-state index in [1.807, 2.05) is 24.3 Å². The van der Waals surface area contributed by atoms with Crippen LogP contribution in [0, 0.1) is 5.82 Å². The molecule has 3 rings (SSSR count). The molecule has 3 aromatic rings. The molecule has 0 saturated heterocycles. The summed E-state index contributed by atoms with van der Waals surface area (Å²) < 4.78 is 19.1. The molecule has 1 N–H and O–H groups in total. The van der Waals surface area contributed by atoms with Gasteiger partial charge >= 0.3 is 5.97 Å². The van der Waals surface area contributed by atoms with Gasteiger partial charge in [-0.2, -0.15) is 0 Å². The Kier molecular flexibility index (Phi) is 2.71. The first-order valence-corrected chi connectivity index (χ1v) is 6.08. The van der Waals surface area contributed by atoms with Crippen molar-refractivity contribution in [2.24, 2.45) is 0 Å². The van der Waals surface area contributed by atoms with Crippen molar-refractivity contribution < 1.29 is 13.9 Å². The smallest absolute Gasteiger partial charge is 0.338 e. The van der Waals surface area contributed by atoms with Gasteiger partial charge in [-0.1, -0.05) is 18.2 Å². The van der Waals surface area contributed by atoms with Gasteiger partial charge in [-0.25, -0.2) is 9.18 Å². The lowest BCUT2D eigenvalue weighted by atomic mass is 10.1. The molecule has 0 spiro atoms. The summed E-state index contributed by atoms with van der Waals surface area (Å²) in [5.74, 6) is -0.931. The SMILES string of the molecule is CCOC(=O)c1cc(F)c2c(c1)[nH]c1ccccc12. The topological polar surface area (TPSA) is 42.1 Å². The third-order valence-electron chi connectivity index (χ3n) is 3.07. The molecule has 0 unspecified atom stereocenters. The van der Waals surface area contributed by atoms with E-state index in [1.54, 1.807) is 13.0 Å². The minimum atomic E-state index is -0.512. The summed E-state index contributed by atoms with van der Waals surface area (Å²) >= 11 is 0. The van der Waals surface area contributed by atoms with Crippen molar-refractivity contribution in [3.8, 4) is 0 Å². The number of carbonyl (C=O) groups is 1. The van der Waals surface area contributed by atoms with Gasteiger partial charge in [-0.3, -0.25) is 0 Å². The molecule has 96 valence electrons. The second-order valence-electron chi connectivity index (χ2n) is 4.27. The first-order chi connectivity index (χ1) is 9.20. The highest BCUT2D eigenvalue weighted by molar-refractivity contribution is 6.09. The van der Waals surface area contributed by atoms with Crippen LogP contribution < -0.4 is 0 Å². The maximum absolute atomic E-state index is 14.2. The predicted molar refractivity (Wildman–Crippen MR) is 71.7 cm³/mol. The molecule has 0 atom stereocenters. The summed E-state index contributed by atoms with van der Waals surface area (Å²) in [5, 5.41) is 1.31. The van der Waals surface area contributed by atoms with E-state index in [1.165, 1.54) is 6.07 Å². The van der Waals surface area contributed by atoms with Crippen LogP contribution >= 0.6 is 0 Å². The highest BCUT2D eigenvalue weighted by Crippen LogP contribution is 2.28. The van der Waals surface area contributed by atoms with Gasteiger partial charge < -0.3 is 9.72 Å². The maximum atomic E-state index is 14.2. The number of benzene rings is 2. The summed E-state index contributed by atoms with van der Waals surface area (Å²) in [6, 6.07) is 10.3. The molecule has 0 saturated carbocycles. The number of H-pyrrole nitrogens is 1. The molecule has 0 aliphatic carbocycles. The highest BCUT2D eigenvalue weighted by Gasteiger charge is 2.14. The fourth-order valence-corrected chi connectivity index (χ4v) is 2.27. The molecule has 0 bridgehead atoms. The van der Waals surface area contributed by atoms with Gasteiger partial charge in [0, 0.05) is 16.3 Å². The molecule has 1 heterocycles. The monoisotopic (exact) mass is 257 g/mol. The third-order valence-corrected chi connectivity index (χ3v) is 3.07. The van der Waals surface area contributed by atoms with E-state index in [2.05, 4.69) is 4.98 Å². The van der Waals surface area contributed by atoms with Crippen molar-refractivity contribution in [2.45, 2.75) is 6.92 Å². The quantitative estimate of drug-likeness (QED) is 0.712. The number of carbonyl (C=O) groups excluding carboxylic acids is 1. The van der Waals surface area contributed by atoms with Crippen LogP contribution in [0.25, 0.3) is 21.8 Å². The van der Waals surface area contributed by atoms with Gasteiger partial charge in [0.15, 0.2) is 0 Å². The predicted octanol–water partition coefficient (Wildman–Crippen LogP) is 3.64. The Balaban J connectivity index is 2.26. The number of para-hydroxylation sites is 1. The van der Waals surface area contributed by atoms with Gasteiger partial charge in [0.2, 0.25) is 0 Å². The summed E-state index contributed by atoms with van der Waals surface area (Å²) in [6.45, 7) is 1.99. The number of ether oxygens (including phenoxy) is 1. The van der Waals surface area contributed by atoms with Crippen molar-refractivity contribution in [3.63, 3.8) is 0 Å². The summed E-state index contributed by atoms with van der Waals surface area (Å²) in [5.41, 5.74) is 1.67. The fraction of sp³-hybridized carbons (Fsp3) is 0.133. The van der Waals surface area contributed by atoms with Crippen molar-refractivity contribution >= 4 is 27.8 Å². The molecule has 0 amide bonds. The molecule has 3 nitrogen and oxygen atoms in total. The zero-order valence-electron chi connectivity index (χ0n) is 10.4. The molecule has 19 heavy (non-hydrogen) atoms. The molecule has 0 fully saturated rings. The van der Waals surface area contributed by atoms with E-state index >= 15 is 0 Å². The molecule has 0 radical (unpaired) electrons. The zero-order chi connectivity index (χ0) is 13.4. The van der Waals surface area contributed by atoms with Gasteiger partial charge in [0.25, 0.3) is 0 Å². The van der Waals surface area contributed by atoms with E-state index in [9.17, 15) is 9.18 Å². The molecule has 0 aliphatic heterocycles. The van der Waals surface area contributed by atoms with E-state index in [0.717, 1.165) is 10.9 Å². The number of nitrogens with one attached hydrogen (secondary N) is 1. The Labute approximate surface area is 109 Å². The standard InChI is InChI=1S/C15H12FNO2/c1-2-19-15(18)9-7-11(16)14-10-5-3-4-6-12(10)17-13(14)8-9/h3-8,17H,2H2,1H3. The molecule has 0 aliphatic rings. The van der Waals surface area contributed by atoms with Crippen LogP contribution in [0.3, 0.4) is 0 Å². The lowest BCUT2D eigenvalue weighted by molar-refractivity contribution is 0.0526. The number of aromatic amines is 1. The van der Waals surface area contributed by atoms with Crippen LogP contribution in [-0.4, -0.2) is 17.6 Å². The van der Waals surface area contributed by atoms with Crippen molar-refractivity contribution in [1.29, 1.82) is 0 Å². The van der Waals surface area contributed by atoms with Crippen LogP contribution in [0.4, 0.5) is 4.39 Å². The lowest BCUT2D eigenvalue weighted by Crippen LogP contribution is -2.04. The molecule has 2 aromatic carbocycles. The number of halogens is 1. The zero-order valence-corrected chi connectivity index (χ0v) is 10.4. The van der Waals surface area contributed by atoms with Crippen LogP contribution in [-0.2, 0) is 4.74 Å². The first kappa shape index (κ1) is 11.7. The number of esters is 1. The largest absolute Gasteiger partial charge is 0.462 e.